The molecule has 3 rings (SSSR count). The van der Waals surface area contributed by atoms with Gasteiger partial charge < -0.3 is 10.0 Å². The standard InChI is InChI=1S/C20H20ClNO3/c1-20(2,14-7-9-15(21)10-8-14)19(25)22-11-13-5-3-4-6-16(13)17(12-22)18(23)24/h3-10,17H,11-12H2,1-2H3,(H,23,24). The van der Waals surface area contributed by atoms with Crippen molar-refractivity contribution in [2.75, 3.05) is 6.54 Å². The van der Waals surface area contributed by atoms with E-state index in [-0.39, 0.29) is 12.5 Å². The summed E-state index contributed by atoms with van der Waals surface area (Å²) < 4.78 is 0. The molecule has 0 spiro atoms. The van der Waals surface area contributed by atoms with Crippen molar-refractivity contribution in [3.8, 4) is 0 Å². The van der Waals surface area contributed by atoms with Crippen molar-refractivity contribution in [3.05, 3.63) is 70.2 Å². The molecule has 1 unspecified atom stereocenters. The molecule has 1 N–H and O–H groups in total. The molecule has 1 aliphatic heterocycles. The van der Waals surface area contributed by atoms with Gasteiger partial charge in [0.15, 0.2) is 0 Å². The molecular weight excluding hydrogens is 338 g/mol. The van der Waals surface area contributed by atoms with Crippen LogP contribution in [0.5, 0.6) is 0 Å². The van der Waals surface area contributed by atoms with Crippen LogP contribution < -0.4 is 0 Å². The summed E-state index contributed by atoms with van der Waals surface area (Å²) in [7, 11) is 0. The zero-order chi connectivity index (χ0) is 18.2. The molecule has 0 fully saturated rings. The Bertz CT molecular complexity index is 814. The highest BCUT2D eigenvalue weighted by atomic mass is 35.5. The molecule has 0 radical (unpaired) electrons. The van der Waals surface area contributed by atoms with Gasteiger partial charge in [-0.2, -0.15) is 0 Å². The summed E-state index contributed by atoms with van der Waals surface area (Å²) in [6, 6.07) is 14.6. The number of hydrogen-bond donors (Lipinski definition) is 1. The van der Waals surface area contributed by atoms with Gasteiger partial charge in [0, 0.05) is 18.1 Å². The molecule has 1 amide bonds. The number of carboxylic acid groups (broad SMARTS) is 1. The lowest BCUT2D eigenvalue weighted by Gasteiger charge is -2.37. The first-order valence-electron chi connectivity index (χ1n) is 8.16. The minimum atomic E-state index is -0.908. The molecule has 130 valence electrons. The quantitative estimate of drug-likeness (QED) is 0.908. The normalized spacial score (nSPS) is 17.1. The van der Waals surface area contributed by atoms with E-state index in [1.165, 1.54) is 0 Å². The summed E-state index contributed by atoms with van der Waals surface area (Å²) in [5, 5.41) is 10.2. The van der Waals surface area contributed by atoms with Crippen LogP contribution in [0.2, 0.25) is 5.02 Å². The molecule has 2 aromatic rings. The maximum atomic E-state index is 13.2. The monoisotopic (exact) mass is 357 g/mol. The largest absolute Gasteiger partial charge is 0.481 e. The Hall–Kier alpha value is -2.33. The second kappa shape index (κ2) is 6.52. The highest BCUT2D eigenvalue weighted by Crippen LogP contribution is 2.33. The molecule has 25 heavy (non-hydrogen) atoms. The maximum Gasteiger partial charge on any atom is 0.312 e. The Labute approximate surface area is 152 Å². The van der Waals surface area contributed by atoms with E-state index in [1.807, 2.05) is 50.2 Å². The van der Waals surface area contributed by atoms with Crippen LogP contribution in [0.25, 0.3) is 0 Å². The molecule has 1 atom stereocenters. The molecular formula is C20H20ClNO3. The zero-order valence-electron chi connectivity index (χ0n) is 14.2. The van der Waals surface area contributed by atoms with Crippen molar-refractivity contribution in [1.29, 1.82) is 0 Å². The third-order valence-electron chi connectivity index (χ3n) is 4.88. The van der Waals surface area contributed by atoms with Crippen LogP contribution in [0.4, 0.5) is 0 Å². The van der Waals surface area contributed by atoms with Gasteiger partial charge in [0.25, 0.3) is 0 Å². The summed E-state index contributed by atoms with van der Waals surface area (Å²) in [4.78, 5) is 26.5. The number of carbonyl (C=O) groups is 2. The number of aliphatic carboxylic acids is 1. The second-order valence-corrected chi connectivity index (χ2v) is 7.34. The highest BCUT2D eigenvalue weighted by molar-refractivity contribution is 6.30. The van der Waals surface area contributed by atoms with Crippen molar-refractivity contribution in [2.45, 2.75) is 31.7 Å². The van der Waals surface area contributed by atoms with E-state index in [4.69, 9.17) is 11.6 Å². The number of carbonyl (C=O) groups excluding carboxylic acids is 1. The number of nitrogens with zero attached hydrogens (tertiary/aromatic N) is 1. The number of fused-ring (bicyclic) bond motifs is 1. The number of carboxylic acids is 1. The third kappa shape index (κ3) is 3.27. The van der Waals surface area contributed by atoms with Gasteiger partial charge >= 0.3 is 5.97 Å². The van der Waals surface area contributed by atoms with Crippen LogP contribution in [0.1, 0.15) is 36.5 Å². The van der Waals surface area contributed by atoms with Crippen molar-refractivity contribution in [2.24, 2.45) is 0 Å². The first kappa shape index (κ1) is 17.5. The Kier molecular flexibility index (Phi) is 4.56. The lowest BCUT2D eigenvalue weighted by molar-refractivity contribution is -0.143. The summed E-state index contributed by atoms with van der Waals surface area (Å²) in [6.45, 7) is 4.32. The van der Waals surface area contributed by atoms with Crippen LogP contribution in [0.15, 0.2) is 48.5 Å². The average Bonchev–Trinajstić information content (AvgIpc) is 2.60. The number of rotatable bonds is 3. The minimum Gasteiger partial charge on any atom is -0.481 e. The van der Waals surface area contributed by atoms with Crippen molar-refractivity contribution in [3.63, 3.8) is 0 Å². The lowest BCUT2D eigenvalue weighted by atomic mass is 9.81. The van der Waals surface area contributed by atoms with Crippen LogP contribution in [-0.2, 0) is 21.5 Å². The maximum absolute atomic E-state index is 13.2. The van der Waals surface area contributed by atoms with Gasteiger partial charge in [-0.15, -0.1) is 0 Å². The Morgan fingerprint density at radius 2 is 1.76 bits per heavy atom. The van der Waals surface area contributed by atoms with Crippen LogP contribution in [0.3, 0.4) is 0 Å². The number of benzene rings is 2. The van der Waals surface area contributed by atoms with E-state index in [0.717, 1.165) is 16.7 Å². The number of amides is 1. The summed E-state index contributed by atoms with van der Waals surface area (Å²) in [6.07, 6.45) is 0. The van der Waals surface area contributed by atoms with Gasteiger partial charge in [0.1, 0.15) is 0 Å². The summed E-state index contributed by atoms with van der Waals surface area (Å²) in [5.41, 5.74) is 1.78. The topological polar surface area (TPSA) is 57.6 Å². The van der Waals surface area contributed by atoms with Gasteiger partial charge in [0.2, 0.25) is 5.91 Å². The Morgan fingerprint density at radius 1 is 1.12 bits per heavy atom. The zero-order valence-corrected chi connectivity index (χ0v) is 15.0. The predicted molar refractivity (Wildman–Crippen MR) is 96.7 cm³/mol. The molecule has 0 bridgehead atoms. The van der Waals surface area contributed by atoms with E-state index in [1.54, 1.807) is 17.0 Å². The molecule has 0 aliphatic carbocycles. The van der Waals surface area contributed by atoms with Gasteiger partial charge in [0.05, 0.1) is 11.3 Å². The summed E-state index contributed by atoms with van der Waals surface area (Å²) >= 11 is 5.94. The second-order valence-electron chi connectivity index (χ2n) is 6.91. The third-order valence-corrected chi connectivity index (χ3v) is 5.13. The smallest absolute Gasteiger partial charge is 0.312 e. The molecule has 4 nitrogen and oxygen atoms in total. The Balaban J connectivity index is 1.92. The predicted octanol–water partition coefficient (Wildman–Crippen LogP) is 3.83. The molecule has 0 saturated carbocycles. The lowest BCUT2D eigenvalue weighted by Crippen LogP contribution is -2.47. The van der Waals surface area contributed by atoms with Gasteiger partial charge in [-0.1, -0.05) is 48.0 Å². The first-order valence-corrected chi connectivity index (χ1v) is 8.54. The Morgan fingerprint density at radius 3 is 2.40 bits per heavy atom. The van der Waals surface area contributed by atoms with Gasteiger partial charge in [-0.05, 0) is 42.7 Å². The van der Waals surface area contributed by atoms with Gasteiger partial charge in [-0.3, -0.25) is 9.59 Å². The molecule has 2 aromatic carbocycles. The highest BCUT2D eigenvalue weighted by Gasteiger charge is 2.39. The van der Waals surface area contributed by atoms with E-state index in [9.17, 15) is 14.7 Å². The molecule has 1 aliphatic rings. The van der Waals surface area contributed by atoms with Crippen LogP contribution in [-0.4, -0.2) is 28.4 Å². The molecule has 0 aromatic heterocycles. The van der Waals surface area contributed by atoms with Gasteiger partial charge in [-0.25, -0.2) is 0 Å². The fourth-order valence-corrected chi connectivity index (χ4v) is 3.48. The van der Waals surface area contributed by atoms with E-state index in [2.05, 4.69) is 0 Å². The fourth-order valence-electron chi connectivity index (χ4n) is 3.36. The van der Waals surface area contributed by atoms with Crippen molar-refractivity contribution >= 4 is 23.5 Å². The SMILES string of the molecule is CC(C)(C(=O)N1Cc2ccccc2C(C(=O)O)C1)c1ccc(Cl)cc1. The van der Waals surface area contributed by atoms with E-state index < -0.39 is 17.3 Å². The van der Waals surface area contributed by atoms with Crippen LogP contribution >= 0.6 is 11.6 Å². The first-order chi connectivity index (χ1) is 11.8. The number of hydrogen-bond acceptors (Lipinski definition) is 2. The minimum absolute atomic E-state index is 0.0874. The molecule has 0 saturated heterocycles. The van der Waals surface area contributed by atoms with Crippen LogP contribution in [0, 0.1) is 0 Å². The van der Waals surface area contributed by atoms with E-state index >= 15 is 0 Å². The van der Waals surface area contributed by atoms with Crippen molar-refractivity contribution in [1.82, 2.24) is 4.90 Å². The molecule has 1 heterocycles. The van der Waals surface area contributed by atoms with E-state index in [0.29, 0.717) is 11.6 Å². The summed E-state index contributed by atoms with van der Waals surface area (Å²) in [5.74, 6) is -1.69. The number of halogens is 1. The fraction of sp³-hybridized carbons (Fsp3) is 0.300. The molecule has 5 heteroatoms. The van der Waals surface area contributed by atoms with Crippen molar-refractivity contribution < 1.29 is 14.7 Å². The average molecular weight is 358 g/mol.